The van der Waals surface area contributed by atoms with E-state index >= 15 is 0 Å². The third-order valence-electron chi connectivity index (χ3n) is 6.17. The predicted molar refractivity (Wildman–Crippen MR) is 118 cm³/mol. The number of carbonyl (C=O) groups is 2. The Morgan fingerprint density at radius 3 is 2.68 bits per heavy atom. The number of hydrogen-bond donors (Lipinski definition) is 2. The zero-order valence-corrected chi connectivity index (χ0v) is 18.5. The van der Waals surface area contributed by atoms with E-state index in [4.69, 9.17) is 0 Å². The number of sulfonamides is 1. The Hall–Kier alpha value is -2.43. The van der Waals surface area contributed by atoms with Crippen LogP contribution in [0.15, 0.2) is 30.5 Å². The van der Waals surface area contributed by atoms with Crippen LogP contribution in [0.4, 0.5) is 0 Å². The van der Waals surface area contributed by atoms with Gasteiger partial charge >= 0.3 is 0 Å². The molecule has 10 heteroatoms. The minimum absolute atomic E-state index is 0.00216. The van der Waals surface area contributed by atoms with Gasteiger partial charge in [0.2, 0.25) is 21.8 Å². The zero-order valence-electron chi connectivity index (χ0n) is 17.7. The third-order valence-corrected chi connectivity index (χ3v) is 7.48. The van der Waals surface area contributed by atoms with Crippen molar-refractivity contribution in [3.05, 3.63) is 36.0 Å². The normalized spacial score (nSPS) is 21.1. The number of benzene rings is 1. The van der Waals surface area contributed by atoms with Crippen LogP contribution in [0.1, 0.15) is 18.4 Å². The summed E-state index contributed by atoms with van der Waals surface area (Å²) in [6.07, 6.45) is 4.04. The molecule has 31 heavy (non-hydrogen) atoms. The molecule has 2 aliphatic rings. The van der Waals surface area contributed by atoms with E-state index in [0.717, 1.165) is 16.5 Å². The Labute approximate surface area is 182 Å². The summed E-state index contributed by atoms with van der Waals surface area (Å²) >= 11 is 0. The maximum Gasteiger partial charge on any atom is 0.242 e. The molecule has 168 valence electrons. The first-order valence-corrected chi connectivity index (χ1v) is 12.5. The van der Waals surface area contributed by atoms with Crippen molar-refractivity contribution in [3.8, 4) is 0 Å². The minimum Gasteiger partial charge on any atom is -0.361 e. The number of nitrogens with zero attached hydrogens (tertiary/aromatic N) is 3. The molecule has 2 saturated heterocycles. The van der Waals surface area contributed by atoms with Crippen LogP contribution in [0.3, 0.4) is 0 Å². The van der Waals surface area contributed by atoms with Gasteiger partial charge in [0.1, 0.15) is 6.04 Å². The highest BCUT2D eigenvalue weighted by atomic mass is 32.2. The lowest BCUT2D eigenvalue weighted by molar-refractivity contribution is -0.135. The fourth-order valence-electron chi connectivity index (χ4n) is 4.39. The number of aromatic amines is 1. The van der Waals surface area contributed by atoms with Crippen LogP contribution in [-0.4, -0.2) is 90.9 Å². The molecule has 0 radical (unpaired) electrons. The summed E-state index contributed by atoms with van der Waals surface area (Å²) in [6, 6.07) is 7.47. The van der Waals surface area contributed by atoms with E-state index in [2.05, 4.69) is 15.2 Å². The smallest absolute Gasteiger partial charge is 0.242 e. The zero-order chi connectivity index (χ0) is 22.0. The summed E-state index contributed by atoms with van der Waals surface area (Å²) < 4.78 is 24.7. The van der Waals surface area contributed by atoms with Crippen molar-refractivity contribution in [2.24, 2.45) is 0 Å². The van der Waals surface area contributed by atoms with Gasteiger partial charge in [-0.15, -0.1) is 0 Å². The molecule has 2 amide bonds. The Balaban J connectivity index is 1.29. The van der Waals surface area contributed by atoms with Gasteiger partial charge in [-0.2, -0.15) is 4.31 Å². The van der Waals surface area contributed by atoms with Crippen molar-refractivity contribution in [3.63, 3.8) is 0 Å². The number of nitrogens with one attached hydrogen (secondary N) is 2. The number of piperazine rings is 1. The Bertz CT molecular complexity index is 1060. The lowest BCUT2D eigenvalue weighted by atomic mass is 10.1. The van der Waals surface area contributed by atoms with E-state index in [9.17, 15) is 18.0 Å². The molecule has 2 aromatic rings. The number of likely N-dealkylation sites (tertiary alicyclic amines) is 1. The summed E-state index contributed by atoms with van der Waals surface area (Å²) in [7, 11) is -3.14. The number of carbonyl (C=O) groups excluding carboxylic acids is 2. The van der Waals surface area contributed by atoms with E-state index in [1.54, 1.807) is 4.90 Å². The first-order valence-electron chi connectivity index (χ1n) is 10.6. The summed E-state index contributed by atoms with van der Waals surface area (Å²) in [5.41, 5.74) is 2.02. The maximum atomic E-state index is 12.8. The van der Waals surface area contributed by atoms with Crippen LogP contribution in [-0.2, 0) is 26.2 Å². The monoisotopic (exact) mass is 447 g/mol. The molecule has 0 aliphatic carbocycles. The molecule has 9 nitrogen and oxygen atoms in total. The molecule has 2 aliphatic heterocycles. The van der Waals surface area contributed by atoms with Gasteiger partial charge in [-0.05, 0) is 18.1 Å². The summed E-state index contributed by atoms with van der Waals surface area (Å²) in [5, 5.41) is 4.03. The van der Waals surface area contributed by atoms with Crippen LogP contribution in [0.25, 0.3) is 10.9 Å². The van der Waals surface area contributed by atoms with Crippen LogP contribution < -0.4 is 5.32 Å². The van der Waals surface area contributed by atoms with Gasteiger partial charge in [-0.25, -0.2) is 8.42 Å². The van der Waals surface area contributed by atoms with Crippen LogP contribution in [0.5, 0.6) is 0 Å². The second-order valence-electron chi connectivity index (χ2n) is 8.23. The first kappa shape index (κ1) is 21.8. The lowest BCUT2D eigenvalue weighted by Crippen LogP contribution is -2.51. The van der Waals surface area contributed by atoms with E-state index in [0.29, 0.717) is 58.7 Å². The average Bonchev–Trinajstić information content (AvgIpc) is 3.32. The number of fused-ring (bicyclic) bond motifs is 1. The molecule has 1 unspecified atom stereocenters. The maximum absolute atomic E-state index is 12.8. The first-order chi connectivity index (χ1) is 14.8. The molecule has 0 saturated carbocycles. The van der Waals surface area contributed by atoms with Crippen molar-refractivity contribution in [2.45, 2.75) is 25.4 Å². The van der Waals surface area contributed by atoms with Crippen molar-refractivity contribution in [1.82, 2.24) is 24.4 Å². The molecule has 2 fully saturated rings. The number of aromatic nitrogens is 1. The van der Waals surface area contributed by atoms with E-state index in [1.807, 2.05) is 30.5 Å². The van der Waals surface area contributed by atoms with E-state index in [-0.39, 0.29) is 11.8 Å². The number of rotatable bonds is 7. The minimum atomic E-state index is -3.14. The second-order valence-corrected chi connectivity index (χ2v) is 10.2. The fourth-order valence-corrected chi connectivity index (χ4v) is 5.22. The van der Waals surface area contributed by atoms with Gasteiger partial charge in [0.15, 0.2) is 0 Å². The van der Waals surface area contributed by atoms with Crippen molar-refractivity contribution >= 4 is 32.7 Å². The van der Waals surface area contributed by atoms with Gasteiger partial charge < -0.3 is 15.2 Å². The molecule has 1 aromatic heterocycles. The molecular weight excluding hydrogens is 418 g/mol. The van der Waals surface area contributed by atoms with Gasteiger partial charge in [-0.3, -0.25) is 14.5 Å². The molecule has 2 N–H and O–H groups in total. The van der Waals surface area contributed by atoms with Crippen LogP contribution >= 0.6 is 0 Å². The van der Waals surface area contributed by atoms with Gasteiger partial charge in [-0.1, -0.05) is 18.2 Å². The summed E-state index contributed by atoms with van der Waals surface area (Å²) in [5.74, 6) is -0.122. The highest BCUT2D eigenvalue weighted by Gasteiger charge is 2.36. The Morgan fingerprint density at radius 1 is 1.19 bits per heavy atom. The average molecular weight is 448 g/mol. The molecule has 0 spiro atoms. The third kappa shape index (κ3) is 4.91. The highest BCUT2D eigenvalue weighted by molar-refractivity contribution is 7.88. The summed E-state index contributed by atoms with van der Waals surface area (Å²) in [6.45, 7) is 3.80. The molecule has 1 aromatic carbocycles. The Kier molecular flexibility index (Phi) is 6.31. The number of para-hydroxylation sites is 1. The standard InChI is InChI=1S/C21H29N5O4S/c1-31(29,30)25-12-10-24(11-13-25)9-8-22-21(28)19-6-7-20(27)26(19)15-16-14-23-18-5-3-2-4-17(16)18/h2-5,14,19,23H,6-13,15H2,1H3,(H,22,28). The summed E-state index contributed by atoms with van der Waals surface area (Å²) in [4.78, 5) is 32.3. The van der Waals surface area contributed by atoms with Crippen molar-refractivity contribution < 1.29 is 18.0 Å². The number of amides is 2. The van der Waals surface area contributed by atoms with Crippen LogP contribution in [0, 0.1) is 0 Å². The van der Waals surface area contributed by atoms with Crippen LogP contribution in [0.2, 0.25) is 0 Å². The molecule has 1 atom stereocenters. The highest BCUT2D eigenvalue weighted by Crippen LogP contribution is 2.25. The van der Waals surface area contributed by atoms with Gasteiger partial charge in [0.05, 0.1) is 6.26 Å². The van der Waals surface area contributed by atoms with Gasteiger partial charge in [0.25, 0.3) is 0 Å². The molecule has 0 bridgehead atoms. The molecule has 4 rings (SSSR count). The topological polar surface area (TPSA) is 106 Å². The van der Waals surface area contributed by atoms with Crippen molar-refractivity contribution in [1.29, 1.82) is 0 Å². The Morgan fingerprint density at radius 2 is 1.94 bits per heavy atom. The fraction of sp³-hybridized carbons (Fsp3) is 0.524. The molecular formula is C21H29N5O4S. The second kappa shape index (κ2) is 8.97. The number of hydrogen-bond acceptors (Lipinski definition) is 5. The molecule has 3 heterocycles. The quantitative estimate of drug-likeness (QED) is 0.637. The van der Waals surface area contributed by atoms with Gasteiger partial charge in [0, 0.05) is 69.3 Å². The van der Waals surface area contributed by atoms with Crippen molar-refractivity contribution in [2.75, 3.05) is 45.5 Å². The van der Waals surface area contributed by atoms with E-state index in [1.165, 1.54) is 10.6 Å². The van der Waals surface area contributed by atoms with E-state index < -0.39 is 16.1 Å². The predicted octanol–water partition coefficient (Wildman–Crippen LogP) is 0.352. The largest absolute Gasteiger partial charge is 0.361 e. The SMILES string of the molecule is CS(=O)(=O)N1CCN(CCNC(=O)C2CCC(=O)N2Cc2c[nH]c3ccccc23)CC1. The number of H-pyrrole nitrogens is 1. The lowest BCUT2D eigenvalue weighted by Gasteiger charge is -2.33.